The van der Waals surface area contributed by atoms with Gasteiger partial charge in [-0.15, -0.1) is 0 Å². The summed E-state index contributed by atoms with van der Waals surface area (Å²) in [5, 5.41) is 0.461. The van der Waals surface area contributed by atoms with Gasteiger partial charge < -0.3 is 15.2 Å². The number of hydrogen-bond donors (Lipinski definition) is 1. The maximum absolute atomic E-state index is 14.9. The molecule has 2 N–H and O–H groups in total. The molecule has 0 saturated heterocycles. The van der Waals surface area contributed by atoms with Crippen molar-refractivity contribution in [3.05, 3.63) is 82.6 Å². The second-order valence-electron chi connectivity index (χ2n) is 7.02. The Kier molecular flexibility index (Phi) is 5.00. The molecular formula is C23H21ClFNO2. The van der Waals surface area contributed by atoms with E-state index in [1.54, 1.807) is 18.2 Å². The van der Waals surface area contributed by atoms with Gasteiger partial charge in [0.05, 0.1) is 5.56 Å². The predicted molar refractivity (Wildman–Crippen MR) is 110 cm³/mol. The lowest BCUT2D eigenvalue weighted by Gasteiger charge is -2.24. The molecule has 0 unspecified atom stereocenters. The highest BCUT2D eigenvalue weighted by Gasteiger charge is 2.39. The van der Waals surface area contributed by atoms with Crippen molar-refractivity contribution in [2.24, 2.45) is 5.73 Å². The standard InChI is InChI=1S/C23H21ClFNO2/c1-23(15-6-3-2-4-7-15)14-16-19(28-23)11-10-17(24)21(16)22-18(25)8-5-9-20(22)27-13-12-26/h2-11H,12-14,26H2,1H3/t23-/m0/s1. The SMILES string of the molecule is C[C@@]1(c2ccccc2)Cc2c(ccc(Cl)c2-c2c(F)cccc2OCCN)O1. The highest BCUT2D eigenvalue weighted by molar-refractivity contribution is 6.33. The number of benzene rings is 3. The Morgan fingerprint density at radius 3 is 2.61 bits per heavy atom. The first-order chi connectivity index (χ1) is 13.5. The van der Waals surface area contributed by atoms with E-state index in [-0.39, 0.29) is 0 Å². The predicted octanol–water partition coefficient (Wildman–Crippen LogP) is 5.33. The normalized spacial score (nSPS) is 17.9. The molecule has 0 saturated carbocycles. The zero-order chi connectivity index (χ0) is 19.7. The number of fused-ring (bicyclic) bond motifs is 1. The third kappa shape index (κ3) is 3.23. The van der Waals surface area contributed by atoms with E-state index in [1.807, 2.05) is 43.3 Å². The maximum Gasteiger partial charge on any atom is 0.135 e. The first-order valence-corrected chi connectivity index (χ1v) is 9.59. The molecule has 1 heterocycles. The second kappa shape index (κ2) is 7.46. The summed E-state index contributed by atoms with van der Waals surface area (Å²) in [6.07, 6.45) is 0.576. The zero-order valence-electron chi connectivity index (χ0n) is 15.5. The van der Waals surface area contributed by atoms with E-state index < -0.39 is 11.4 Å². The van der Waals surface area contributed by atoms with E-state index >= 15 is 0 Å². The first kappa shape index (κ1) is 18.8. The van der Waals surface area contributed by atoms with E-state index in [4.69, 9.17) is 26.8 Å². The van der Waals surface area contributed by atoms with Crippen LogP contribution in [0, 0.1) is 5.82 Å². The van der Waals surface area contributed by atoms with E-state index in [1.165, 1.54) is 6.07 Å². The zero-order valence-corrected chi connectivity index (χ0v) is 16.3. The summed E-state index contributed by atoms with van der Waals surface area (Å²) in [5.74, 6) is 0.742. The molecule has 0 spiro atoms. The Bertz CT molecular complexity index is 1010. The van der Waals surface area contributed by atoms with Gasteiger partial charge in [0.25, 0.3) is 0 Å². The molecular weight excluding hydrogens is 377 g/mol. The summed E-state index contributed by atoms with van der Waals surface area (Å²) < 4.78 is 26.9. The van der Waals surface area contributed by atoms with Crippen molar-refractivity contribution in [1.29, 1.82) is 0 Å². The summed E-state index contributed by atoms with van der Waals surface area (Å²) in [7, 11) is 0. The molecule has 0 bridgehead atoms. The second-order valence-corrected chi connectivity index (χ2v) is 7.43. The van der Waals surface area contributed by atoms with E-state index in [0.717, 1.165) is 11.1 Å². The van der Waals surface area contributed by atoms with Crippen LogP contribution in [0.25, 0.3) is 11.1 Å². The molecule has 0 aromatic heterocycles. The van der Waals surface area contributed by atoms with Crippen molar-refractivity contribution in [1.82, 2.24) is 0 Å². The van der Waals surface area contributed by atoms with Crippen LogP contribution in [0.4, 0.5) is 4.39 Å². The van der Waals surface area contributed by atoms with Gasteiger partial charge in [0.1, 0.15) is 29.5 Å². The van der Waals surface area contributed by atoms with Crippen LogP contribution in [0.2, 0.25) is 5.02 Å². The molecule has 0 fully saturated rings. The molecule has 0 aliphatic carbocycles. The number of nitrogens with two attached hydrogens (primary N) is 1. The Hall–Kier alpha value is -2.56. The summed E-state index contributed by atoms with van der Waals surface area (Å²) in [5.41, 5.74) is 7.90. The Morgan fingerprint density at radius 2 is 1.86 bits per heavy atom. The van der Waals surface area contributed by atoms with Crippen molar-refractivity contribution in [2.45, 2.75) is 18.9 Å². The van der Waals surface area contributed by atoms with Crippen molar-refractivity contribution in [2.75, 3.05) is 13.2 Å². The lowest BCUT2D eigenvalue weighted by Crippen LogP contribution is -2.26. The quantitative estimate of drug-likeness (QED) is 0.632. The Morgan fingerprint density at radius 1 is 1.07 bits per heavy atom. The van der Waals surface area contributed by atoms with Crippen LogP contribution in [0.15, 0.2) is 60.7 Å². The lowest BCUT2D eigenvalue weighted by molar-refractivity contribution is 0.116. The number of halogens is 2. The molecule has 3 aromatic rings. The molecule has 5 heteroatoms. The van der Waals surface area contributed by atoms with Gasteiger partial charge in [0, 0.05) is 29.1 Å². The highest BCUT2D eigenvalue weighted by atomic mass is 35.5. The maximum atomic E-state index is 14.9. The van der Waals surface area contributed by atoms with Gasteiger partial charge in [-0.25, -0.2) is 4.39 Å². The largest absolute Gasteiger partial charge is 0.492 e. The molecule has 1 atom stereocenters. The minimum absolute atomic E-state index is 0.293. The van der Waals surface area contributed by atoms with E-state index in [0.29, 0.717) is 47.2 Å². The molecule has 1 aliphatic heterocycles. The van der Waals surface area contributed by atoms with E-state index in [2.05, 4.69) is 0 Å². The first-order valence-electron chi connectivity index (χ1n) is 9.21. The summed E-state index contributed by atoms with van der Waals surface area (Å²) in [6.45, 7) is 2.67. The summed E-state index contributed by atoms with van der Waals surface area (Å²) in [6, 6.07) is 18.3. The van der Waals surface area contributed by atoms with Crippen LogP contribution in [0.3, 0.4) is 0 Å². The van der Waals surface area contributed by atoms with Crippen molar-refractivity contribution in [3.63, 3.8) is 0 Å². The summed E-state index contributed by atoms with van der Waals surface area (Å²) >= 11 is 6.56. The molecule has 1 aliphatic rings. The molecule has 0 amide bonds. The minimum atomic E-state index is -0.549. The smallest absolute Gasteiger partial charge is 0.135 e. The fourth-order valence-corrected chi connectivity index (χ4v) is 4.02. The van der Waals surface area contributed by atoms with Crippen molar-refractivity contribution < 1.29 is 13.9 Å². The third-order valence-corrected chi connectivity index (χ3v) is 5.37. The molecule has 3 nitrogen and oxygen atoms in total. The van der Waals surface area contributed by atoms with Crippen LogP contribution in [0.1, 0.15) is 18.1 Å². The Labute approximate surface area is 168 Å². The topological polar surface area (TPSA) is 44.5 Å². The average Bonchev–Trinajstić information content (AvgIpc) is 3.06. The minimum Gasteiger partial charge on any atom is -0.492 e. The van der Waals surface area contributed by atoms with Crippen molar-refractivity contribution in [3.8, 4) is 22.6 Å². The molecule has 4 rings (SSSR count). The van der Waals surface area contributed by atoms with Crippen LogP contribution >= 0.6 is 11.6 Å². The number of hydrogen-bond acceptors (Lipinski definition) is 3. The monoisotopic (exact) mass is 397 g/mol. The third-order valence-electron chi connectivity index (χ3n) is 5.05. The number of ether oxygens (including phenoxy) is 2. The molecule has 144 valence electrons. The molecule has 3 aromatic carbocycles. The fourth-order valence-electron chi connectivity index (χ4n) is 3.75. The Balaban J connectivity index is 1.85. The van der Waals surface area contributed by atoms with Gasteiger partial charge in [-0.1, -0.05) is 48.0 Å². The fraction of sp³-hybridized carbons (Fsp3) is 0.217. The van der Waals surface area contributed by atoms with Crippen molar-refractivity contribution >= 4 is 11.6 Å². The highest BCUT2D eigenvalue weighted by Crippen LogP contribution is 2.49. The summed E-state index contributed by atoms with van der Waals surface area (Å²) in [4.78, 5) is 0. The van der Waals surface area contributed by atoms with Gasteiger partial charge in [0.15, 0.2) is 0 Å². The van der Waals surface area contributed by atoms with Gasteiger partial charge in [-0.2, -0.15) is 0 Å². The van der Waals surface area contributed by atoms with Gasteiger partial charge in [-0.3, -0.25) is 0 Å². The van der Waals surface area contributed by atoms with Crippen LogP contribution in [-0.2, 0) is 12.0 Å². The average molecular weight is 398 g/mol. The van der Waals surface area contributed by atoms with Crippen LogP contribution in [0.5, 0.6) is 11.5 Å². The van der Waals surface area contributed by atoms with Gasteiger partial charge in [0.2, 0.25) is 0 Å². The van der Waals surface area contributed by atoms with Gasteiger partial charge >= 0.3 is 0 Å². The molecule has 28 heavy (non-hydrogen) atoms. The van der Waals surface area contributed by atoms with Crippen LogP contribution < -0.4 is 15.2 Å². The van der Waals surface area contributed by atoms with Crippen LogP contribution in [-0.4, -0.2) is 13.2 Å². The lowest BCUT2D eigenvalue weighted by atomic mass is 9.87. The molecule has 0 radical (unpaired) electrons. The van der Waals surface area contributed by atoms with E-state index in [9.17, 15) is 4.39 Å². The number of rotatable bonds is 5. The van der Waals surface area contributed by atoms with Gasteiger partial charge in [-0.05, 0) is 36.8 Å².